The van der Waals surface area contributed by atoms with Crippen LogP contribution in [-0.4, -0.2) is 14.0 Å². The number of hydrogen-bond acceptors (Lipinski definition) is 2. The highest BCUT2D eigenvalue weighted by Gasteiger charge is 1.93. The van der Waals surface area contributed by atoms with Crippen LogP contribution in [0.2, 0.25) is 0 Å². The van der Waals surface area contributed by atoms with Gasteiger partial charge in [-0.15, -0.1) is 13.2 Å². The van der Waals surface area contributed by atoms with Crippen LogP contribution < -0.4 is 0 Å². The summed E-state index contributed by atoms with van der Waals surface area (Å²) in [4.78, 5) is 0. The van der Waals surface area contributed by atoms with Gasteiger partial charge in [0, 0.05) is 0 Å². The first-order valence-electron chi connectivity index (χ1n) is 2.05. The van der Waals surface area contributed by atoms with E-state index in [4.69, 9.17) is 0 Å². The molecule has 0 aliphatic heterocycles. The summed E-state index contributed by atoms with van der Waals surface area (Å²) >= 11 is -2.09. The molecule has 0 saturated carbocycles. The molecular formula is C5H7O2S-. The van der Waals surface area contributed by atoms with Gasteiger partial charge in [-0.05, 0) is 11.1 Å². The van der Waals surface area contributed by atoms with E-state index in [1.54, 1.807) is 0 Å². The fourth-order valence-electron chi connectivity index (χ4n) is 0.253. The van der Waals surface area contributed by atoms with Crippen molar-refractivity contribution in [2.75, 3.05) is 0 Å². The van der Waals surface area contributed by atoms with E-state index in [1.807, 2.05) is 0 Å². The van der Waals surface area contributed by atoms with Crippen molar-refractivity contribution in [2.45, 2.75) is 5.25 Å². The molecule has 0 radical (unpaired) electrons. The maximum Gasteiger partial charge on any atom is 0.0570 e. The molecule has 0 heterocycles. The SMILES string of the molecule is C=CC(C=C)S(=O)[O-]. The number of hydrogen-bond donors (Lipinski definition) is 0. The summed E-state index contributed by atoms with van der Waals surface area (Å²) in [6.07, 6.45) is 2.63. The molecule has 0 N–H and O–H groups in total. The van der Waals surface area contributed by atoms with Crippen molar-refractivity contribution in [1.29, 1.82) is 0 Å². The third kappa shape index (κ3) is 2.04. The van der Waals surface area contributed by atoms with Gasteiger partial charge in [0.25, 0.3) is 0 Å². The second-order valence-corrected chi connectivity index (χ2v) is 2.26. The molecular weight excluding hydrogens is 124 g/mol. The van der Waals surface area contributed by atoms with Gasteiger partial charge < -0.3 is 4.55 Å². The van der Waals surface area contributed by atoms with E-state index >= 15 is 0 Å². The average Bonchev–Trinajstić information content (AvgIpc) is 1.69. The molecule has 0 aromatic rings. The fourth-order valence-corrected chi connectivity index (χ4v) is 0.568. The van der Waals surface area contributed by atoms with Gasteiger partial charge in [0.1, 0.15) is 0 Å². The van der Waals surface area contributed by atoms with E-state index in [2.05, 4.69) is 13.2 Å². The van der Waals surface area contributed by atoms with Crippen molar-refractivity contribution in [3.63, 3.8) is 0 Å². The second kappa shape index (κ2) is 3.57. The van der Waals surface area contributed by atoms with E-state index in [-0.39, 0.29) is 0 Å². The smallest absolute Gasteiger partial charge is 0.0570 e. The molecule has 0 rings (SSSR count). The van der Waals surface area contributed by atoms with Crippen LogP contribution in [0.25, 0.3) is 0 Å². The van der Waals surface area contributed by atoms with Crippen LogP contribution in [0.3, 0.4) is 0 Å². The summed E-state index contributed by atoms with van der Waals surface area (Å²) in [5.41, 5.74) is 0. The van der Waals surface area contributed by atoms with Gasteiger partial charge in [0.2, 0.25) is 0 Å². The number of rotatable bonds is 3. The van der Waals surface area contributed by atoms with Crippen LogP contribution in [0.15, 0.2) is 25.3 Å². The molecule has 0 spiro atoms. The molecule has 0 aliphatic carbocycles. The molecule has 1 atom stereocenters. The molecule has 0 fully saturated rings. The summed E-state index contributed by atoms with van der Waals surface area (Å²) in [7, 11) is 0. The van der Waals surface area contributed by atoms with Crippen molar-refractivity contribution >= 4 is 11.1 Å². The lowest BCUT2D eigenvalue weighted by Crippen LogP contribution is -2.06. The van der Waals surface area contributed by atoms with Gasteiger partial charge in [-0.3, -0.25) is 4.21 Å². The van der Waals surface area contributed by atoms with Crippen molar-refractivity contribution in [2.24, 2.45) is 0 Å². The van der Waals surface area contributed by atoms with Crippen LogP contribution in [0.1, 0.15) is 0 Å². The summed E-state index contributed by atoms with van der Waals surface area (Å²) in [5.74, 6) is 0. The molecule has 8 heavy (non-hydrogen) atoms. The summed E-state index contributed by atoms with van der Waals surface area (Å²) in [5, 5.41) is -0.602. The fraction of sp³-hybridized carbons (Fsp3) is 0.200. The van der Waals surface area contributed by atoms with Crippen molar-refractivity contribution in [3.8, 4) is 0 Å². The zero-order chi connectivity index (χ0) is 6.57. The van der Waals surface area contributed by atoms with E-state index in [1.165, 1.54) is 12.2 Å². The van der Waals surface area contributed by atoms with Crippen molar-refractivity contribution < 1.29 is 8.76 Å². The van der Waals surface area contributed by atoms with Gasteiger partial charge in [-0.1, -0.05) is 12.2 Å². The largest absolute Gasteiger partial charge is 0.772 e. The maximum absolute atomic E-state index is 10.0. The Morgan fingerprint density at radius 3 is 1.88 bits per heavy atom. The lowest BCUT2D eigenvalue weighted by molar-refractivity contribution is 0.535. The third-order valence-corrected chi connectivity index (χ3v) is 1.52. The molecule has 3 heteroatoms. The van der Waals surface area contributed by atoms with Crippen LogP contribution >= 0.6 is 0 Å². The molecule has 0 saturated heterocycles. The summed E-state index contributed by atoms with van der Waals surface area (Å²) < 4.78 is 20.0. The molecule has 46 valence electrons. The highest BCUT2D eigenvalue weighted by molar-refractivity contribution is 7.80. The van der Waals surface area contributed by atoms with E-state index in [0.29, 0.717) is 0 Å². The minimum atomic E-state index is -2.09. The summed E-state index contributed by atoms with van der Waals surface area (Å²) in [6.45, 7) is 6.58. The Balaban J connectivity index is 3.88. The van der Waals surface area contributed by atoms with Gasteiger partial charge >= 0.3 is 0 Å². The van der Waals surface area contributed by atoms with E-state index < -0.39 is 16.3 Å². The molecule has 0 bridgehead atoms. The predicted octanol–water partition coefficient (Wildman–Crippen LogP) is 0.606. The van der Waals surface area contributed by atoms with Gasteiger partial charge in [0.15, 0.2) is 0 Å². The van der Waals surface area contributed by atoms with Crippen LogP contribution in [0, 0.1) is 0 Å². The Labute approximate surface area is 51.2 Å². The monoisotopic (exact) mass is 131 g/mol. The topological polar surface area (TPSA) is 40.1 Å². The maximum atomic E-state index is 10.0. The predicted molar refractivity (Wildman–Crippen MR) is 33.1 cm³/mol. The Kier molecular flexibility index (Phi) is 3.39. The highest BCUT2D eigenvalue weighted by Crippen LogP contribution is 1.93. The Bertz CT molecular complexity index is 112. The zero-order valence-corrected chi connectivity index (χ0v) is 5.19. The molecule has 2 nitrogen and oxygen atoms in total. The normalized spacial score (nSPS) is 13.2. The van der Waals surface area contributed by atoms with Gasteiger partial charge in [0.05, 0.1) is 5.25 Å². The third-order valence-electron chi connectivity index (χ3n) is 0.687. The van der Waals surface area contributed by atoms with Gasteiger partial charge in [-0.2, -0.15) is 0 Å². The van der Waals surface area contributed by atoms with Crippen molar-refractivity contribution in [1.82, 2.24) is 0 Å². The van der Waals surface area contributed by atoms with Crippen LogP contribution in [0.5, 0.6) is 0 Å². The molecule has 0 aromatic carbocycles. The zero-order valence-electron chi connectivity index (χ0n) is 4.37. The Hall–Kier alpha value is -0.410. The van der Waals surface area contributed by atoms with E-state index in [0.717, 1.165) is 0 Å². The first kappa shape index (κ1) is 7.59. The minimum absolute atomic E-state index is 0.602. The first-order valence-corrected chi connectivity index (χ1v) is 3.19. The molecule has 0 aliphatic rings. The second-order valence-electron chi connectivity index (χ2n) is 1.20. The Morgan fingerprint density at radius 1 is 1.50 bits per heavy atom. The quantitative estimate of drug-likeness (QED) is 0.416. The van der Waals surface area contributed by atoms with Crippen LogP contribution in [-0.2, 0) is 11.1 Å². The summed E-state index contributed by atoms with van der Waals surface area (Å²) in [6, 6.07) is 0. The van der Waals surface area contributed by atoms with E-state index in [9.17, 15) is 8.76 Å². The molecule has 0 aromatic heterocycles. The van der Waals surface area contributed by atoms with Crippen LogP contribution in [0.4, 0.5) is 0 Å². The lowest BCUT2D eigenvalue weighted by atomic mass is 10.4. The van der Waals surface area contributed by atoms with Gasteiger partial charge in [-0.25, -0.2) is 0 Å². The first-order chi connectivity index (χ1) is 3.72. The Morgan fingerprint density at radius 2 is 1.88 bits per heavy atom. The molecule has 0 amide bonds. The standard InChI is InChI=1S/C5H8O2S/c1-3-5(4-2)8(6)7/h3-5H,1-2H2,(H,6,7)/p-1. The molecule has 1 unspecified atom stereocenters. The highest BCUT2D eigenvalue weighted by atomic mass is 32.2. The lowest BCUT2D eigenvalue weighted by Gasteiger charge is -2.08. The minimum Gasteiger partial charge on any atom is -0.772 e. The average molecular weight is 131 g/mol. The van der Waals surface area contributed by atoms with Crippen molar-refractivity contribution in [3.05, 3.63) is 25.3 Å².